The van der Waals surface area contributed by atoms with Crippen molar-refractivity contribution in [1.29, 1.82) is 0 Å². The third-order valence-corrected chi connectivity index (χ3v) is 5.10. The molecule has 3 rings (SSSR count). The molecule has 0 amide bonds. The standard InChI is InChI=1S/C20H26N2/c21-13-15-1-5-17(6-2-15)19-9-11-20(12-10-19)18-7-3-16(14-22)4-8-18/h1-8,19-20H,9-14,21-22H2. The van der Waals surface area contributed by atoms with Gasteiger partial charge in [-0.1, -0.05) is 48.5 Å². The van der Waals surface area contributed by atoms with Crippen molar-refractivity contribution in [3.63, 3.8) is 0 Å². The Morgan fingerprint density at radius 3 is 1.18 bits per heavy atom. The van der Waals surface area contributed by atoms with Gasteiger partial charge in [0.2, 0.25) is 0 Å². The highest BCUT2D eigenvalue weighted by Crippen LogP contribution is 2.40. The van der Waals surface area contributed by atoms with Gasteiger partial charge in [0.15, 0.2) is 0 Å². The molecule has 1 fully saturated rings. The van der Waals surface area contributed by atoms with Crippen molar-refractivity contribution in [1.82, 2.24) is 0 Å². The van der Waals surface area contributed by atoms with Gasteiger partial charge in [0.05, 0.1) is 0 Å². The van der Waals surface area contributed by atoms with Crippen LogP contribution in [0.5, 0.6) is 0 Å². The van der Waals surface area contributed by atoms with Gasteiger partial charge in [0.25, 0.3) is 0 Å². The van der Waals surface area contributed by atoms with Crippen LogP contribution in [0.25, 0.3) is 0 Å². The van der Waals surface area contributed by atoms with Crippen LogP contribution in [0.15, 0.2) is 48.5 Å². The average molecular weight is 294 g/mol. The lowest BCUT2D eigenvalue weighted by atomic mass is 9.76. The predicted molar refractivity (Wildman–Crippen MR) is 92.6 cm³/mol. The number of rotatable bonds is 4. The van der Waals surface area contributed by atoms with E-state index >= 15 is 0 Å². The van der Waals surface area contributed by atoms with Crippen molar-refractivity contribution >= 4 is 0 Å². The fraction of sp³-hybridized carbons (Fsp3) is 0.400. The van der Waals surface area contributed by atoms with Gasteiger partial charge in [0.1, 0.15) is 0 Å². The zero-order valence-electron chi connectivity index (χ0n) is 13.2. The topological polar surface area (TPSA) is 52.0 Å². The molecule has 1 saturated carbocycles. The lowest BCUT2D eigenvalue weighted by molar-refractivity contribution is 0.396. The highest BCUT2D eigenvalue weighted by molar-refractivity contribution is 5.28. The van der Waals surface area contributed by atoms with Gasteiger partial charge in [-0.2, -0.15) is 0 Å². The zero-order valence-corrected chi connectivity index (χ0v) is 13.2. The molecule has 4 N–H and O–H groups in total. The average Bonchev–Trinajstić information content (AvgIpc) is 2.62. The van der Waals surface area contributed by atoms with E-state index in [1.165, 1.54) is 47.9 Å². The molecule has 2 aromatic carbocycles. The Morgan fingerprint density at radius 1 is 0.591 bits per heavy atom. The van der Waals surface area contributed by atoms with Crippen LogP contribution >= 0.6 is 0 Å². The largest absolute Gasteiger partial charge is 0.326 e. The maximum Gasteiger partial charge on any atom is 0.0178 e. The Labute approximate surface area is 133 Å². The summed E-state index contributed by atoms with van der Waals surface area (Å²) in [5, 5.41) is 0. The van der Waals surface area contributed by atoms with Crippen LogP contribution in [-0.4, -0.2) is 0 Å². The Morgan fingerprint density at radius 2 is 0.909 bits per heavy atom. The fourth-order valence-corrected chi connectivity index (χ4v) is 3.61. The number of benzene rings is 2. The Balaban J connectivity index is 1.61. The quantitative estimate of drug-likeness (QED) is 0.894. The first-order valence-electron chi connectivity index (χ1n) is 8.38. The molecule has 0 aromatic heterocycles. The summed E-state index contributed by atoms with van der Waals surface area (Å²) < 4.78 is 0. The molecular weight excluding hydrogens is 268 g/mol. The predicted octanol–water partition coefficient (Wildman–Crippen LogP) is 4.05. The SMILES string of the molecule is NCc1ccc(C2CCC(c3ccc(CN)cc3)CC2)cc1. The minimum absolute atomic E-state index is 0.631. The van der Waals surface area contributed by atoms with Gasteiger partial charge in [0, 0.05) is 13.1 Å². The van der Waals surface area contributed by atoms with E-state index in [2.05, 4.69) is 48.5 Å². The highest BCUT2D eigenvalue weighted by atomic mass is 14.5. The molecule has 1 aliphatic carbocycles. The first kappa shape index (κ1) is 15.3. The van der Waals surface area contributed by atoms with E-state index in [1.54, 1.807) is 0 Å². The molecule has 0 spiro atoms. The van der Waals surface area contributed by atoms with Gasteiger partial charge in [-0.3, -0.25) is 0 Å². The highest BCUT2D eigenvalue weighted by Gasteiger charge is 2.23. The van der Waals surface area contributed by atoms with Crippen LogP contribution in [0.4, 0.5) is 0 Å². The molecule has 0 aliphatic heterocycles. The van der Waals surface area contributed by atoms with E-state index in [0.29, 0.717) is 24.9 Å². The number of hydrogen-bond donors (Lipinski definition) is 2. The van der Waals surface area contributed by atoms with Crippen molar-refractivity contribution in [3.05, 3.63) is 70.8 Å². The van der Waals surface area contributed by atoms with Gasteiger partial charge in [-0.15, -0.1) is 0 Å². The summed E-state index contributed by atoms with van der Waals surface area (Å²) in [6, 6.07) is 17.8. The van der Waals surface area contributed by atoms with E-state index in [1.807, 2.05) is 0 Å². The molecule has 0 radical (unpaired) electrons. The Bertz CT molecular complexity index is 523. The summed E-state index contributed by atoms with van der Waals surface area (Å²) in [5.74, 6) is 1.43. The van der Waals surface area contributed by atoms with Crippen molar-refractivity contribution in [3.8, 4) is 0 Å². The second kappa shape index (κ2) is 7.08. The third-order valence-electron chi connectivity index (χ3n) is 5.10. The minimum Gasteiger partial charge on any atom is -0.326 e. The van der Waals surface area contributed by atoms with E-state index in [9.17, 15) is 0 Å². The summed E-state index contributed by atoms with van der Waals surface area (Å²) >= 11 is 0. The first-order valence-corrected chi connectivity index (χ1v) is 8.38. The zero-order chi connectivity index (χ0) is 15.4. The molecule has 0 bridgehead atoms. The van der Waals surface area contributed by atoms with Crippen LogP contribution in [0, 0.1) is 0 Å². The van der Waals surface area contributed by atoms with Crippen LogP contribution in [0.3, 0.4) is 0 Å². The molecule has 0 unspecified atom stereocenters. The van der Waals surface area contributed by atoms with Gasteiger partial charge < -0.3 is 11.5 Å². The summed E-state index contributed by atoms with van der Waals surface area (Å²) in [5.41, 5.74) is 16.7. The molecule has 22 heavy (non-hydrogen) atoms. The van der Waals surface area contributed by atoms with Crippen molar-refractivity contribution in [2.45, 2.75) is 50.6 Å². The van der Waals surface area contributed by atoms with E-state index in [-0.39, 0.29) is 0 Å². The summed E-state index contributed by atoms with van der Waals surface area (Å²) in [4.78, 5) is 0. The monoisotopic (exact) mass is 294 g/mol. The van der Waals surface area contributed by atoms with Crippen LogP contribution in [-0.2, 0) is 13.1 Å². The molecular formula is C20H26N2. The maximum absolute atomic E-state index is 5.67. The van der Waals surface area contributed by atoms with Gasteiger partial charge in [-0.05, 0) is 59.8 Å². The fourth-order valence-electron chi connectivity index (χ4n) is 3.61. The van der Waals surface area contributed by atoms with Crippen molar-refractivity contribution in [2.75, 3.05) is 0 Å². The Kier molecular flexibility index (Phi) is 4.91. The molecule has 116 valence electrons. The summed E-state index contributed by atoms with van der Waals surface area (Å²) in [6.07, 6.45) is 5.13. The normalized spacial score (nSPS) is 21.7. The molecule has 2 aromatic rings. The van der Waals surface area contributed by atoms with Gasteiger partial charge in [-0.25, -0.2) is 0 Å². The maximum atomic E-state index is 5.67. The minimum atomic E-state index is 0.631. The smallest absolute Gasteiger partial charge is 0.0178 e. The third kappa shape index (κ3) is 3.40. The molecule has 0 saturated heterocycles. The van der Waals surface area contributed by atoms with E-state index in [0.717, 1.165) is 0 Å². The Hall–Kier alpha value is -1.64. The number of hydrogen-bond acceptors (Lipinski definition) is 2. The molecule has 2 nitrogen and oxygen atoms in total. The molecule has 2 heteroatoms. The van der Waals surface area contributed by atoms with E-state index in [4.69, 9.17) is 11.5 Å². The van der Waals surface area contributed by atoms with Crippen LogP contribution < -0.4 is 11.5 Å². The van der Waals surface area contributed by atoms with Crippen molar-refractivity contribution < 1.29 is 0 Å². The first-order chi connectivity index (χ1) is 10.8. The number of nitrogens with two attached hydrogens (primary N) is 2. The molecule has 1 aliphatic rings. The summed E-state index contributed by atoms with van der Waals surface area (Å²) in [6.45, 7) is 1.26. The lowest BCUT2D eigenvalue weighted by Gasteiger charge is -2.29. The van der Waals surface area contributed by atoms with Crippen molar-refractivity contribution in [2.24, 2.45) is 11.5 Å². The van der Waals surface area contributed by atoms with E-state index < -0.39 is 0 Å². The van der Waals surface area contributed by atoms with Crippen LogP contribution in [0.1, 0.15) is 59.8 Å². The second-order valence-corrected chi connectivity index (χ2v) is 6.44. The van der Waals surface area contributed by atoms with Crippen LogP contribution in [0.2, 0.25) is 0 Å². The van der Waals surface area contributed by atoms with Gasteiger partial charge >= 0.3 is 0 Å². The molecule has 0 atom stereocenters. The molecule has 0 heterocycles. The second-order valence-electron chi connectivity index (χ2n) is 6.44. The summed E-state index contributed by atoms with van der Waals surface area (Å²) in [7, 11) is 0. The lowest BCUT2D eigenvalue weighted by Crippen LogP contribution is -2.12.